The Morgan fingerprint density at radius 3 is 2.35 bits per heavy atom. The summed E-state index contributed by atoms with van der Waals surface area (Å²) in [6.45, 7) is 7.66. The molecule has 1 amide bonds. The van der Waals surface area contributed by atoms with E-state index in [-0.39, 0.29) is 12.5 Å². The van der Waals surface area contributed by atoms with E-state index in [1.165, 1.54) is 4.31 Å². The molecule has 0 atom stereocenters. The highest BCUT2D eigenvalue weighted by Crippen LogP contribution is 2.20. The molecule has 0 spiro atoms. The molecule has 2 rings (SSSR count). The molecule has 7 heteroatoms. The van der Waals surface area contributed by atoms with E-state index in [9.17, 15) is 13.2 Å². The molecule has 1 fully saturated rings. The number of nitrogens with zero attached hydrogens (tertiary/aromatic N) is 2. The normalized spacial score (nSPS) is 16.6. The highest BCUT2D eigenvalue weighted by atomic mass is 32.2. The van der Waals surface area contributed by atoms with Gasteiger partial charge in [-0.05, 0) is 44.0 Å². The van der Waals surface area contributed by atoms with Gasteiger partial charge in [0.15, 0.2) is 0 Å². The summed E-state index contributed by atoms with van der Waals surface area (Å²) in [4.78, 5) is 13.9. The lowest BCUT2D eigenvalue weighted by molar-refractivity contribution is -0.137. The number of amides is 1. The monoisotopic (exact) mass is 340 g/mol. The van der Waals surface area contributed by atoms with Crippen LogP contribution in [0, 0.1) is 13.8 Å². The zero-order valence-electron chi connectivity index (χ0n) is 13.9. The fraction of sp³-hybridized carbons (Fsp3) is 0.562. The summed E-state index contributed by atoms with van der Waals surface area (Å²) in [7, 11) is -3.50. The number of piperazine rings is 1. The SMILES string of the molecule is CCOCC(=O)N1CCN(S(=O)(=O)c2ccc(C)c(C)c2)CC1. The molecular formula is C16H24N2O4S. The van der Waals surface area contributed by atoms with Gasteiger partial charge in [-0.25, -0.2) is 8.42 Å². The Balaban J connectivity index is 2.03. The van der Waals surface area contributed by atoms with Gasteiger partial charge < -0.3 is 9.64 Å². The first-order valence-corrected chi connectivity index (χ1v) is 9.23. The van der Waals surface area contributed by atoms with Gasteiger partial charge in [0, 0.05) is 32.8 Å². The molecule has 1 saturated heterocycles. The predicted molar refractivity (Wildman–Crippen MR) is 87.7 cm³/mol. The molecule has 128 valence electrons. The van der Waals surface area contributed by atoms with E-state index in [2.05, 4.69) is 0 Å². The maximum atomic E-state index is 12.7. The van der Waals surface area contributed by atoms with Crippen LogP contribution in [0.1, 0.15) is 18.1 Å². The first-order chi connectivity index (χ1) is 10.9. The van der Waals surface area contributed by atoms with Gasteiger partial charge in [-0.1, -0.05) is 6.07 Å². The minimum atomic E-state index is -3.50. The van der Waals surface area contributed by atoms with Crippen LogP contribution in [0.4, 0.5) is 0 Å². The molecule has 1 aliphatic rings. The quantitative estimate of drug-likeness (QED) is 0.807. The number of sulfonamides is 1. The summed E-state index contributed by atoms with van der Waals surface area (Å²) in [5.74, 6) is -0.0879. The van der Waals surface area contributed by atoms with Crippen LogP contribution < -0.4 is 0 Å². The van der Waals surface area contributed by atoms with Crippen molar-refractivity contribution in [2.75, 3.05) is 39.4 Å². The van der Waals surface area contributed by atoms with E-state index in [1.807, 2.05) is 26.8 Å². The topological polar surface area (TPSA) is 66.9 Å². The van der Waals surface area contributed by atoms with Crippen molar-refractivity contribution < 1.29 is 17.9 Å². The molecule has 23 heavy (non-hydrogen) atoms. The lowest BCUT2D eigenvalue weighted by atomic mass is 10.1. The third-order valence-electron chi connectivity index (χ3n) is 4.14. The number of benzene rings is 1. The summed E-state index contributed by atoms with van der Waals surface area (Å²) < 4.78 is 32.0. The van der Waals surface area contributed by atoms with Crippen LogP contribution in [-0.2, 0) is 19.6 Å². The van der Waals surface area contributed by atoms with Gasteiger partial charge in [0.25, 0.3) is 0 Å². The van der Waals surface area contributed by atoms with E-state index in [0.717, 1.165) is 11.1 Å². The Morgan fingerprint density at radius 2 is 1.78 bits per heavy atom. The highest BCUT2D eigenvalue weighted by molar-refractivity contribution is 7.89. The summed E-state index contributed by atoms with van der Waals surface area (Å²) in [5, 5.41) is 0. The van der Waals surface area contributed by atoms with Crippen molar-refractivity contribution in [2.24, 2.45) is 0 Å². The largest absolute Gasteiger partial charge is 0.372 e. The van der Waals surface area contributed by atoms with Crippen LogP contribution in [0.3, 0.4) is 0 Å². The number of carbonyl (C=O) groups is 1. The van der Waals surface area contributed by atoms with Crippen molar-refractivity contribution in [3.05, 3.63) is 29.3 Å². The van der Waals surface area contributed by atoms with Crippen LogP contribution in [-0.4, -0.2) is 62.9 Å². The van der Waals surface area contributed by atoms with Crippen molar-refractivity contribution in [1.82, 2.24) is 9.21 Å². The summed E-state index contributed by atoms with van der Waals surface area (Å²) in [6, 6.07) is 5.17. The second kappa shape index (κ2) is 7.42. The zero-order valence-corrected chi connectivity index (χ0v) is 14.7. The zero-order chi connectivity index (χ0) is 17.0. The Hall–Kier alpha value is -1.44. The predicted octanol–water partition coefficient (Wildman–Crippen LogP) is 1.17. The Kier molecular flexibility index (Phi) is 5.78. The van der Waals surface area contributed by atoms with Gasteiger partial charge in [-0.15, -0.1) is 0 Å². The van der Waals surface area contributed by atoms with Gasteiger partial charge in [-0.3, -0.25) is 4.79 Å². The summed E-state index contributed by atoms with van der Waals surface area (Å²) >= 11 is 0. The third-order valence-corrected chi connectivity index (χ3v) is 6.03. The number of carbonyl (C=O) groups excluding carboxylic acids is 1. The minimum Gasteiger partial charge on any atom is -0.372 e. The van der Waals surface area contributed by atoms with Crippen LogP contribution in [0.5, 0.6) is 0 Å². The fourth-order valence-electron chi connectivity index (χ4n) is 2.48. The average molecular weight is 340 g/mol. The lowest BCUT2D eigenvalue weighted by Crippen LogP contribution is -2.51. The maximum absolute atomic E-state index is 12.7. The number of aryl methyl sites for hydroxylation is 2. The average Bonchev–Trinajstić information content (AvgIpc) is 2.55. The molecule has 1 heterocycles. The maximum Gasteiger partial charge on any atom is 0.248 e. The molecular weight excluding hydrogens is 316 g/mol. The van der Waals surface area contributed by atoms with E-state index in [1.54, 1.807) is 17.0 Å². The van der Waals surface area contributed by atoms with Crippen molar-refractivity contribution in [2.45, 2.75) is 25.7 Å². The van der Waals surface area contributed by atoms with Gasteiger partial charge in [0.05, 0.1) is 4.90 Å². The number of ether oxygens (including phenoxy) is 1. The minimum absolute atomic E-state index is 0.0560. The Bertz CT molecular complexity index is 665. The highest BCUT2D eigenvalue weighted by Gasteiger charge is 2.30. The standard InChI is InChI=1S/C16H24N2O4S/c1-4-22-12-16(19)17-7-9-18(10-8-17)23(20,21)15-6-5-13(2)14(3)11-15/h5-6,11H,4,7-10,12H2,1-3H3. The molecule has 0 aliphatic carbocycles. The first kappa shape index (κ1) is 17.9. The number of rotatable bonds is 5. The molecule has 0 bridgehead atoms. The second-order valence-electron chi connectivity index (χ2n) is 5.67. The van der Waals surface area contributed by atoms with Crippen LogP contribution in [0.25, 0.3) is 0 Å². The molecule has 0 unspecified atom stereocenters. The number of hydrogen-bond donors (Lipinski definition) is 0. The molecule has 1 aliphatic heterocycles. The molecule has 0 N–H and O–H groups in total. The molecule has 0 radical (unpaired) electrons. The Morgan fingerprint density at radius 1 is 1.13 bits per heavy atom. The number of hydrogen-bond acceptors (Lipinski definition) is 4. The van der Waals surface area contributed by atoms with E-state index < -0.39 is 10.0 Å². The van der Waals surface area contributed by atoms with Crippen LogP contribution in [0.15, 0.2) is 23.1 Å². The smallest absolute Gasteiger partial charge is 0.248 e. The third kappa shape index (κ3) is 4.10. The van der Waals surface area contributed by atoms with Crippen LogP contribution in [0.2, 0.25) is 0 Å². The van der Waals surface area contributed by atoms with Gasteiger partial charge in [-0.2, -0.15) is 4.31 Å². The van der Waals surface area contributed by atoms with Crippen LogP contribution >= 0.6 is 0 Å². The molecule has 0 saturated carbocycles. The Labute approximate surface area is 138 Å². The van der Waals surface area contributed by atoms with Crippen molar-refractivity contribution in [3.63, 3.8) is 0 Å². The first-order valence-electron chi connectivity index (χ1n) is 7.79. The summed E-state index contributed by atoms with van der Waals surface area (Å²) in [6.07, 6.45) is 0. The molecule has 1 aromatic rings. The lowest BCUT2D eigenvalue weighted by Gasteiger charge is -2.34. The summed E-state index contributed by atoms with van der Waals surface area (Å²) in [5.41, 5.74) is 2.02. The van der Waals surface area contributed by atoms with Crippen molar-refractivity contribution in [1.29, 1.82) is 0 Å². The molecule has 0 aromatic heterocycles. The molecule has 6 nitrogen and oxygen atoms in total. The van der Waals surface area contributed by atoms with E-state index in [0.29, 0.717) is 37.7 Å². The second-order valence-corrected chi connectivity index (χ2v) is 7.61. The van der Waals surface area contributed by atoms with Gasteiger partial charge >= 0.3 is 0 Å². The van der Waals surface area contributed by atoms with Crippen molar-refractivity contribution in [3.8, 4) is 0 Å². The fourth-order valence-corrected chi connectivity index (χ4v) is 3.99. The van der Waals surface area contributed by atoms with Crippen molar-refractivity contribution >= 4 is 15.9 Å². The van der Waals surface area contributed by atoms with Gasteiger partial charge in [0.1, 0.15) is 6.61 Å². The van der Waals surface area contributed by atoms with E-state index >= 15 is 0 Å². The van der Waals surface area contributed by atoms with E-state index in [4.69, 9.17) is 4.74 Å². The van der Waals surface area contributed by atoms with Gasteiger partial charge in [0.2, 0.25) is 15.9 Å². The molecule has 1 aromatic carbocycles.